The molecule has 0 aliphatic carbocycles. The summed E-state index contributed by atoms with van der Waals surface area (Å²) in [5.74, 6) is 0.881. The van der Waals surface area contributed by atoms with Gasteiger partial charge in [-0.15, -0.1) is 0 Å². The Morgan fingerprint density at radius 1 is 1.15 bits per heavy atom. The zero-order valence-corrected chi connectivity index (χ0v) is 16.3. The molecule has 3 aromatic rings. The standard InChI is InChI=1S/C20H20ClNO4S/c21-14-3-1-4-15(11-14)27(24,25)16-5-6-17-18-7-9-22(8-2-10-23)13-20(18)26-19(17)12-16/h1,3-6,11-12,23H,2,7-10,13H2. The van der Waals surface area contributed by atoms with Crippen molar-refractivity contribution in [2.45, 2.75) is 29.2 Å². The van der Waals surface area contributed by atoms with Crippen LogP contribution < -0.4 is 0 Å². The molecule has 0 amide bonds. The first-order valence-electron chi connectivity index (χ1n) is 8.87. The van der Waals surface area contributed by atoms with Crippen LogP contribution >= 0.6 is 11.6 Å². The fourth-order valence-electron chi connectivity index (χ4n) is 3.56. The SMILES string of the molecule is O=S(=O)(c1cccc(Cl)c1)c1ccc2c3c(oc2c1)CN(CCCO)CC3. The van der Waals surface area contributed by atoms with E-state index in [4.69, 9.17) is 21.1 Å². The topological polar surface area (TPSA) is 70.8 Å². The highest BCUT2D eigenvalue weighted by Crippen LogP contribution is 2.33. The lowest BCUT2D eigenvalue weighted by Crippen LogP contribution is -2.31. The number of halogens is 1. The van der Waals surface area contributed by atoms with Crippen LogP contribution in [0.15, 0.2) is 56.7 Å². The van der Waals surface area contributed by atoms with Gasteiger partial charge in [0.05, 0.1) is 16.3 Å². The molecule has 0 saturated carbocycles. The molecule has 7 heteroatoms. The summed E-state index contributed by atoms with van der Waals surface area (Å²) in [6, 6.07) is 11.3. The molecule has 27 heavy (non-hydrogen) atoms. The summed E-state index contributed by atoms with van der Waals surface area (Å²) in [5, 5.41) is 10.4. The summed E-state index contributed by atoms with van der Waals surface area (Å²) in [6.07, 6.45) is 1.59. The fraction of sp³-hybridized carbons (Fsp3) is 0.300. The van der Waals surface area contributed by atoms with E-state index in [-0.39, 0.29) is 16.4 Å². The number of furan rings is 1. The third-order valence-corrected chi connectivity index (χ3v) is 6.93. The van der Waals surface area contributed by atoms with Gasteiger partial charge in [0.15, 0.2) is 0 Å². The van der Waals surface area contributed by atoms with Crippen molar-refractivity contribution in [1.82, 2.24) is 4.90 Å². The fourth-order valence-corrected chi connectivity index (χ4v) is 5.13. The lowest BCUT2D eigenvalue weighted by atomic mass is 10.0. The van der Waals surface area contributed by atoms with E-state index in [1.807, 2.05) is 6.07 Å². The van der Waals surface area contributed by atoms with Gasteiger partial charge >= 0.3 is 0 Å². The van der Waals surface area contributed by atoms with E-state index in [0.717, 1.165) is 42.6 Å². The average molecular weight is 406 g/mol. The van der Waals surface area contributed by atoms with Crippen LogP contribution in [-0.2, 0) is 22.8 Å². The number of aliphatic hydroxyl groups is 1. The van der Waals surface area contributed by atoms with Gasteiger partial charge in [0.25, 0.3) is 0 Å². The van der Waals surface area contributed by atoms with Crippen LogP contribution in [0.5, 0.6) is 0 Å². The molecule has 0 fully saturated rings. The van der Waals surface area contributed by atoms with E-state index in [2.05, 4.69) is 4.90 Å². The molecule has 0 spiro atoms. The highest BCUT2D eigenvalue weighted by molar-refractivity contribution is 7.91. The van der Waals surface area contributed by atoms with Crippen molar-refractivity contribution in [2.75, 3.05) is 19.7 Å². The summed E-state index contributed by atoms with van der Waals surface area (Å²) in [6.45, 7) is 2.58. The first kappa shape index (κ1) is 18.5. The predicted octanol–water partition coefficient (Wildman–Crippen LogP) is 3.66. The van der Waals surface area contributed by atoms with E-state index >= 15 is 0 Å². The van der Waals surface area contributed by atoms with E-state index < -0.39 is 9.84 Å². The third-order valence-electron chi connectivity index (χ3n) is 4.94. The number of hydrogen-bond donors (Lipinski definition) is 1. The monoisotopic (exact) mass is 405 g/mol. The Bertz CT molecular complexity index is 1090. The van der Waals surface area contributed by atoms with E-state index in [1.165, 1.54) is 12.1 Å². The Morgan fingerprint density at radius 2 is 1.96 bits per heavy atom. The molecule has 5 nitrogen and oxygen atoms in total. The van der Waals surface area contributed by atoms with Crippen molar-refractivity contribution in [3.8, 4) is 0 Å². The second-order valence-electron chi connectivity index (χ2n) is 6.73. The van der Waals surface area contributed by atoms with Crippen molar-refractivity contribution in [2.24, 2.45) is 0 Å². The first-order valence-corrected chi connectivity index (χ1v) is 10.7. The van der Waals surface area contributed by atoms with Crippen LogP contribution in [0, 0.1) is 0 Å². The zero-order chi connectivity index (χ0) is 19.0. The molecule has 0 atom stereocenters. The molecule has 0 saturated heterocycles. The third kappa shape index (κ3) is 3.50. The van der Waals surface area contributed by atoms with Crippen LogP contribution in [0.3, 0.4) is 0 Å². The number of hydrogen-bond acceptors (Lipinski definition) is 5. The number of rotatable bonds is 5. The van der Waals surface area contributed by atoms with Crippen molar-refractivity contribution >= 4 is 32.4 Å². The number of aliphatic hydroxyl groups excluding tert-OH is 1. The van der Waals surface area contributed by atoms with Gasteiger partial charge in [-0.3, -0.25) is 4.90 Å². The second kappa shape index (κ2) is 7.28. The Labute approximate surface area is 163 Å². The van der Waals surface area contributed by atoms with E-state index in [1.54, 1.807) is 24.3 Å². The lowest BCUT2D eigenvalue weighted by Gasteiger charge is -2.25. The molecule has 1 N–H and O–H groups in total. The average Bonchev–Trinajstić information content (AvgIpc) is 3.03. The van der Waals surface area contributed by atoms with E-state index in [9.17, 15) is 8.42 Å². The largest absolute Gasteiger partial charge is 0.459 e. The van der Waals surface area contributed by atoms with Gasteiger partial charge in [0, 0.05) is 41.7 Å². The summed E-state index contributed by atoms with van der Waals surface area (Å²) < 4.78 is 31.8. The number of benzene rings is 2. The van der Waals surface area contributed by atoms with Gasteiger partial charge in [-0.25, -0.2) is 8.42 Å². The maximum atomic E-state index is 12.9. The molecular formula is C20H20ClNO4S. The van der Waals surface area contributed by atoms with Crippen LogP contribution in [0.25, 0.3) is 11.0 Å². The number of fused-ring (bicyclic) bond motifs is 3. The molecule has 1 aromatic heterocycles. The quantitative estimate of drug-likeness (QED) is 0.701. The molecule has 4 rings (SSSR count). The Kier molecular flexibility index (Phi) is 4.99. The lowest BCUT2D eigenvalue weighted by molar-refractivity contribution is 0.200. The van der Waals surface area contributed by atoms with Crippen molar-refractivity contribution in [3.05, 3.63) is 58.8 Å². The minimum absolute atomic E-state index is 0.167. The van der Waals surface area contributed by atoms with Gasteiger partial charge in [-0.1, -0.05) is 17.7 Å². The predicted molar refractivity (Wildman–Crippen MR) is 104 cm³/mol. The maximum Gasteiger partial charge on any atom is 0.206 e. The highest BCUT2D eigenvalue weighted by Gasteiger charge is 2.24. The minimum atomic E-state index is -3.66. The summed E-state index contributed by atoms with van der Waals surface area (Å²) in [7, 11) is -3.66. The van der Waals surface area contributed by atoms with Gasteiger partial charge in [0.2, 0.25) is 9.84 Å². The van der Waals surface area contributed by atoms with Crippen molar-refractivity contribution in [3.63, 3.8) is 0 Å². The summed E-state index contributed by atoms with van der Waals surface area (Å²) in [5.41, 5.74) is 1.74. The van der Waals surface area contributed by atoms with Gasteiger partial charge in [-0.05, 0) is 43.2 Å². The minimum Gasteiger partial charge on any atom is -0.459 e. The van der Waals surface area contributed by atoms with E-state index in [0.29, 0.717) is 17.2 Å². The van der Waals surface area contributed by atoms with Gasteiger partial charge < -0.3 is 9.52 Å². The molecule has 0 radical (unpaired) electrons. The Hall–Kier alpha value is -1.86. The zero-order valence-electron chi connectivity index (χ0n) is 14.7. The molecule has 2 heterocycles. The molecule has 1 aliphatic heterocycles. The van der Waals surface area contributed by atoms with Crippen LogP contribution in [-0.4, -0.2) is 38.1 Å². The molecule has 2 aromatic carbocycles. The van der Waals surface area contributed by atoms with Crippen molar-refractivity contribution < 1.29 is 17.9 Å². The second-order valence-corrected chi connectivity index (χ2v) is 9.11. The maximum absolute atomic E-state index is 12.9. The van der Waals surface area contributed by atoms with Crippen LogP contribution in [0.1, 0.15) is 17.7 Å². The molecule has 1 aliphatic rings. The number of sulfone groups is 1. The Morgan fingerprint density at radius 3 is 2.74 bits per heavy atom. The number of nitrogens with zero attached hydrogens (tertiary/aromatic N) is 1. The van der Waals surface area contributed by atoms with Gasteiger partial charge in [-0.2, -0.15) is 0 Å². The molecule has 0 bridgehead atoms. The summed E-state index contributed by atoms with van der Waals surface area (Å²) in [4.78, 5) is 2.60. The van der Waals surface area contributed by atoms with Gasteiger partial charge in [0.1, 0.15) is 11.3 Å². The summed E-state index contributed by atoms with van der Waals surface area (Å²) >= 11 is 5.95. The normalized spacial score (nSPS) is 15.2. The van der Waals surface area contributed by atoms with Crippen molar-refractivity contribution in [1.29, 1.82) is 0 Å². The van der Waals surface area contributed by atoms with Crippen LogP contribution in [0.2, 0.25) is 5.02 Å². The smallest absolute Gasteiger partial charge is 0.206 e. The highest BCUT2D eigenvalue weighted by atomic mass is 35.5. The molecule has 142 valence electrons. The van der Waals surface area contributed by atoms with Crippen LogP contribution in [0.4, 0.5) is 0 Å². The first-order chi connectivity index (χ1) is 13.0. The Balaban J connectivity index is 1.70. The molecule has 0 unspecified atom stereocenters. The molecular weight excluding hydrogens is 386 g/mol.